The van der Waals surface area contributed by atoms with Gasteiger partial charge in [-0.2, -0.15) is 0 Å². The van der Waals surface area contributed by atoms with Crippen molar-refractivity contribution in [1.29, 1.82) is 0 Å². The fourth-order valence-electron chi connectivity index (χ4n) is 2.61. The quantitative estimate of drug-likeness (QED) is 0.419. The molecule has 2 aromatic carbocycles. The Morgan fingerprint density at radius 2 is 1.77 bits per heavy atom. The molecule has 0 fully saturated rings. The first-order valence-corrected chi connectivity index (χ1v) is 7.96. The van der Waals surface area contributed by atoms with E-state index in [0.29, 0.717) is 28.0 Å². The van der Waals surface area contributed by atoms with Crippen LogP contribution >= 0.6 is 0 Å². The number of carbonyl (C=O) groups excluding carboxylic acids is 2. The summed E-state index contributed by atoms with van der Waals surface area (Å²) in [4.78, 5) is 23.5. The van der Waals surface area contributed by atoms with Crippen molar-refractivity contribution in [3.05, 3.63) is 48.0 Å². The SMILES string of the molecule is CC(C)Oc1ccc2oc(-c3ccc(N)cc3)c(C(=O)OC(N)=O)c2c1. The second-order valence-corrected chi connectivity index (χ2v) is 5.96. The summed E-state index contributed by atoms with van der Waals surface area (Å²) in [5, 5.41) is 0.459. The molecule has 26 heavy (non-hydrogen) atoms. The van der Waals surface area contributed by atoms with Crippen LogP contribution in [0.25, 0.3) is 22.3 Å². The number of primary amides is 1. The Hall–Kier alpha value is -3.48. The minimum atomic E-state index is -1.19. The van der Waals surface area contributed by atoms with E-state index in [1.54, 1.807) is 42.5 Å². The molecule has 0 unspecified atom stereocenters. The van der Waals surface area contributed by atoms with Crippen LogP contribution in [-0.4, -0.2) is 18.2 Å². The van der Waals surface area contributed by atoms with Crippen LogP contribution in [-0.2, 0) is 4.74 Å². The molecule has 0 saturated heterocycles. The molecule has 7 nitrogen and oxygen atoms in total. The Balaban J connectivity index is 2.20. The molecule has 4 N–H and O–H groups in total. The second-order valence-electron chi connectivity index (χ2n) is 5.96. The molecule has 0 aliphatic rings. The van der Waals surface area contributed by atoms with Crippen LogP contribution in [0.4, 0.5) is 10.5 Å². The second kappa shape index (κ2) is 6.79. The van der Waals surface area contributed by atoms with Crippen molar-refractivity contribution in [2.75, 3.05) is 5.73 Å². The van der Waals surface area contributed by atoms with E-state index < -0.39 is 12.1 Å². The summed E-state index contributed by atoms with van der Waals surface area (Å²) in [6.07, 6.45) is -1.24. The molecule has 0 atom stereocenters. The van der Waals surface area contributed by atoms with E-state index in [4.69, 9.17) is 20.6 Å². The molecular weight excluding hydrogens is 336 g/mol. The molecule has 134 valence electrons. The third-order valence-electron chi connectivity index (χ3n) is 3.60. The van der Waals surface area contributed by atoms with Gasteiger partial charge in [-0.25, -0.2) is 9.59 Å². The molecule has 0 saturated carbocycles. The molecule has 1 amide bonds. The lowest BCUT2D eigenvalue weighted by Gasteiger charge is -2.09. The normalized spacial score (nSPS) is 10.9. The number of hydrogen-bond donors (Lipinski definition) is 2. The van der Waals surface area contributed by atoms with E-state index >= 15 is 0 Å². The summed E-state index contributed by atoms with van der Waals surface area (Å²) in [6.45, 7) is 3.78. The van der Waals surface area contributed by atoms with Crippen LogP contribution in [0.2, 0.25) is 0 Å². The van der Waals surface area contributed by atoms with Gasteiger partial charge in [0.25, 0.3) is 0 Å². The van der Waals surface area contributed by atoms with Crippen molar-refractivity contribution in [1.82, 2.24) is 0 Å². The molecule has 7 heteroatoms. The lowest BCUT2D eigenvalue weighted by atomic mass is 10.1. The van der Waals surface area contributed by atoms with Crippen molar-refractivity contribution in [3.8, 4) is 17.1 Å². The van der Waals surface area contributed by atoms with Crippen molar-refractivity contribution >= 4 is 28.7 Å². The van der Waals surface area contributed by atoms with Gasteiger partial charge in [0.2, 0.25) is 0 Å². The highest BCUT2D eigenvalue weighted by Gasteiger charge is 2.25. The van der Waals surface area contributed by atoms with Gasteiger partial charge in [0.15, 0.2) is 0 Å². The Bertz CT molecular complexity index is 974. The third kappa shape index (κ3) is 3.46. The van der Waals surface area contributed by atoms with Gasteiger partial charge in [0.05, 0.1) is 6.10 Å². The maximum Gasteiger partial charge on any atom is 0.412 e. The number of esters is 1. The lowest BCUT2D eigenvalue weighted by molar-refractivity contribution is 0.0640. The first-order chi connectivity index (χ1) is 12.3. The lowest BCUT2D eigenvalue weighted by Crippen LogP contribution is -2.18. The average molecular weight is 354 g/mol. The topological polar surface area (TPSA) is 118 Å². The highest BCUT2D eigenvalue weighted by Crippen LogP contribution is 2.36. The van der Waals surface area contributed by atoms with Crippen LogP contribution in [0.15, 0.2) is 46.9 Å². The monoisotopic (exact) mass is 354 g/mol. The zero-order valence-electron chi connectivity index (χ0n) is 14.3. The first kappa shape index (κ1) is 17.3. The van der Waals surface area contributed by atoms with E-state index in [-0.39, 0.29) is 17.4 Å². The summed E-state index contributed by atoms with van der Waals surface area (Å²) >= 11 is 0. The van der Waals surface area contributed by atoms with Crippen molar-refractivity contribution < 1.29 is 23.5 Å². The predicted molar refractivity (Wildman–Crippen MR) is 96.8 cm³/mol. The number of furan rings is 1. The largest absolute Gasteiger partial charge is 0.491 e. The number of nitrogens with two attached hydrogens (primary N) is 2. The summed E-state index contributed by atoms with van der Waals surface area (Å²) in [7, 11) is 0. The van der Waals surface area contributed by atoms with E-state index in [0.717, 1.165) is 0 Å². The van der Waals surface area contributed by atoms with Gasteiger partial charge in [-0.05, 0) is 56.3 Å². The standard InChI is InChI=1S/C19H18N2O5/c1-10(2)24-13-7-8-15-14(9-13)16(18(22)26-19(21)23)17(25-15)11-3-5-12(20)6-4-11/h3-10H,20H2,1-2H3,(H2,21,23). The minimum absolute atomic E-state index is 0.0445. The number of ether oxygens (including phenoxy) is 2. The molecular formula is C19H18N2O5. The molecule has 0 radical (unpaired) electrons. The highest BCUT2D eigenvalue weighted by atomic mass is 16.6. The molecule has 0 aliphatic carbocycles. The number of rotatable bonds is 4. The third-order valence-corrected chi connectivity index (χ3v) is 3.60. The van der Waals surface area contributed by atoms with Crippen molar-refractivity contribution in [3.63, 3.8) is 0 Å². The molecule has 0 aliphatic heterocycles. The van der Waals surface area contributed by atoms with Crippen LogP contribution in [0.1, 0.15) is 24.2 Å². The Morgan fingerprint density at radius 1 is 1.08 bits per heavy atom. The molecule has 0 bridgehead atoms. The maximum absolute atomic E-state index is 12.5. The number of amides is 1. The summed E-state index contributed by atoms with van der Waals surface area (Å²) in [5.74, 6) is -0.0806. The Labute approximate surface area is 149 Å². The molecule has 3 aromatic rings. The van der Waals surface area contributed by atoms with Gasteiger partial charge < -0.3 is 25.4 Å². The fraction of sp³-hybridized carbons (Fsp3) is 0.158. The van der Waals surface area contributed by atoms with E-state index in [9.17, 15) is 9.59 Å². The van der Waals surface area contributed by atoms with Crippen molar-refractivity contribution in [2.24, 2.45) is 5.73 Å². The number of carbonyl (C=O) groups is 2. The van der Waals surface area contributed by atoms with Crippen molar-refractivity contribution in [2.45, 2.75) is 20.0 Å². The van der Waals surface area contributed by atoms with Crippen LogP contribution < -0.4 is 16.2 Å². The summed E-state index contributed by atoms with van der Waals surface area (Å²) in [6, 6.07) is 11.9. The van der Waals surface area contributed by atoms with Gasteiger partial charge in [-0.1, -0.05) is 0 Å². The number of benzene rings is 2. The Morgan fingerprint density at radius 3 is 2.38 bits per heavy atom. The number of fused-ring (bicyclic) bond motifs is 1. The number of anilines is 1. The Kier molecular flexibility index (Phi) is 4.53. The predicted octanol–water partition coefficient (Wildman–Crippen LogP) is 3.70. The van der Waals surface area contributed by atoms with Crippen LogP contribution in [0.3, 0.4) is 0 Å². The highest BCUT2D eigenvalue weighted by molar-refractivity contribution is 6.11. The average Bonchev–Trinajstić information content (AvgIpc) is 2.93. The van der Waals surface area contributed by atoms with Gasteiger partial charge in [-0.3, -0.25) is 0 Å². The maximum atomic E-state index is 12.5. The van der Waals surface area contributed by atoms with Crippen LogP contribution in [0.5, 0.6) is 5.75 Å². The summed E-state index contributed by atoms with van der Waals surface area (Å²) in [5.41, 5.74) is 12.4. The van der Waals surface area contributed by atoms with Gasteiger partial charge in [-0.15, -0.1) is 0 Å². The zero-order chi connectivity index (χ0) is 18.8. The van der Waals surface area contributed by atoms with Gasteiger partial charge >= 0.3 is 12.1 Å². The van der Waals surface area contributed by atoms with E-state index in [1.165, 1.54) is 0 Å². The van der Waals surface area contributed by atoms with Crippen LogP contribution in [0, 0.1) is 0 Å². The summed E-state index contributed by atoms with van der Waals surface area (Å²) < 4.78 is 16.1. The van der Waals surface area contributed by atoms with Gasteiger partial charge in [0, 0.05) is 16.6 Å². The molecule has 1 heterocycles. The minimum Gasteiger partial charge on any atom is -0.491 e. The van der Waals surface area contributed by atoms with E-state index in [2.05, 4.69) is 4.74 Å². The molecule has 1 aromatic heterocycles. The van der Waals surface area contributed by atoms with Gasteiger partial charge in [0.1, 0.15) is 22.7 Å². The molecule has 3 rings (SSSR count). The number of nitrogen functional groups attached to an aromatic ring is 1. The smallest absolute Gasteiger partial charge is 0.412 e. The first-order valence-electron chi connectivity index (χ1n) is 7.96. The molecule has 0 spiro atoms. The number of hydrogen-bond acceptors (Lipinski definition) is 6. The fourth-order valence-corrected chi connectivity index (χ4v) is 2.61. The van der Waals surface area contributed by atoms with E-state index in [1.807, 2.05) is 13.8 Å². The zero-order valence-corrected chi connectivity index (χ0v) is 14.3.